The Balaban J connectivity index is 2.43. The van der Waals surface area contributed by atoms with Crippen LogP contribution in [-0.4, -0.2) is 38.8 Å². The molecule has 4 heteroatoms. The van der Waals surface area contributed by atoms with Crippen molar-refractivity contribution >= 4 is 5.91 Å². The highest BCUT2D eigenvalue weighted by Gasteiger charge is 2.30. The molecule has 0 aromatic carbocycles. The van der Waals surface area contributed by atoms with Gasteiger partial charge in [0.1, 0.15) is 0 Å². The molecule has 1 fully saturated rings. The minimum absolute atomic E-state index is 0.0857. The van der Waals surface area contributed by atoms with Crippen molar-refractivity contribution in [1.82, 2.24) is 10.6 Å². The van der Waals surface area contributed by atoms with Crippen LogP contribution in [0.1, 0.15) is 33.6 Å². The van der Waals surface area contributed by atoms with Gasteiger partial charge in [0.05, 0.1) is 12.0 Å². The quantitative estimate of drug-likeness (QED) is 0.735. The first-order valence-corrected chi connectivity index (χ1v) is 6.54. The Bertz CT molecular complexity index is 248. The van der Waals surface area contributed by atoms with Gasteiger partial charge in [-0.1, -0.05) is 6.92 Å². The third-order valence-electron chi connectivity index (χ3n) is 3.62. The van der Waals surface area contributed by atoms with E-state index in [4.69, 9.17) is 4.74 Å². The predicted molar refractivity (Wildman–Crippen MR) is 68.9 cm³/mol. The summed E-state index contributed by atoms with van der Waals surface area (Å²) in [7, 11) is 1.69. The SMILES string of the molecule is CCC(NCC(C)(C)C(=O)NC)C1CCOC1. The van der Waals surface area contributed by atoms with E-state index in [0.29, 0.717) is 18.5 Å². The molecule has 1 aliphatic heterocycles. The van der Waals surface area contributed by atoms with Gasteiger partial charge in [-0.3, -0.25) is 4.79 Å². The molecule has 1 aliphatic rings. The number of amides is 1. The Morgan fingerprint density at radius 2 is 2.24 bits per heavy atom. The van der Waals surface area contributed by atoms with Gasteiger partial charge in [-0.25, -0.2) is 0 Å². The first kappa shape index (κ1) is 14.5. The molecule has 0 bridgehead atoms. The molecular weight excluding hydrogens is 216 g/mol. The molecule has 1 rings (SSSR count). The zero-order valence-electron chi connectivity index (χ0n) is 11.5. The lowest BCUT2D eigenvalue weighted by Gasteiger charge is -2.29. The van der Waals surface area contributed by atoms with Gasteiger partial charge in [0.2, 0.25) is 5.91 Å². The summed E-state index contributed by atoms with van der Waals surface area (Å²) in [6, 6.07) is 0.460. The highest BCUT2D eigenvalue weighted by atomic mass is 16.5. The normalized spacial score (nSPS) is 22.5. The van der Waals surface area contributed by atoms with Gasteiger partial charge < -0.3 is 15.4 Å². The van der Waals surface area contributed by atoms with E-state index >= 15 is 0 Å². The smallest absolute Gasteiger partial charge is 0.226 e. The molecule has 0 aromatic rings. The molecule has 2 unspecified atom stereocenters. The molecule has 0 aliphatic carbocycles. The van der Waals surface area contributed by atoms with E-state index in [9.17, 15) is 4.79 Å². The van der Waals surface area contributed by atoms with Crippen LogP contribution in [0.5, 0.6) is 0 Å². The molecule has 0 saturated carbocycles. The summed E-state index contributed by atoms with van der Waals surface area (Å²) < 4.78 is 5.42. The summed E-state index contributed by atoms with van der Waals surface area (Å²) in [4.78, 5) is 11.7. The lowest BCUT2D eigenvalue weighted by atomic mass is 9.90. The second kappa shape index (κ2) is 6.36. The summed E-state index contributed by atoms with van der Waals surface area (Å²) in [5, 5.41) is 6.24. The maximum Gasteiger partial charge on any atom is 0.226 e. The monoisotopic (exact) mass is 242 g/mol. The van der Waals surface area contributed by atoms with Crippen molar-refractivity contribution in [1.29, 1.82) is 0 Å². The van der Waals surface area contributed by atoms with Crippen LogP contribution in [-0.2, 0) is 9.53 Å². The zero-order chi connectivity index (χ0) is 12.9. The molecule has 17 heavy (non-hydrogen) atoms. The molecule has 0 aromatic heterocycles. The fourth-order valence-corrected chi connectivity index (χ4v) is 2.32. The Labute approximate surface area is 104 Å². The van der Waals surface area contributed by atoms with Crippen LogP contribution in [0.4, 0.5) is 0 Å². The van der Waals surface area contributed by atoms with Crippen LogP contribution in [0.25, 0.3) is 0 Å². The van der Waals surface area contributed by atoms with E-state index in [1.807, 2.05) is 13.8 Å². The summed E-state index contributed by atoms with van der Waals surface area (Å²) in [5.41, 5.74) is -0.359. The molecule has 0 radical (unpaired) electrons. The van der Waals surface area contributed by atoms with Gasteiger partial charge in [0.25, 0.3) is 0 Å². The Kier molecular flexibility index (Phi) is 5.40. The number of hydrogen-bond acceptors (Lipinski definition) is 3. The molecular formula is C13H26N2O2. The number of hydrogen-bond donors (Lipinski definition) is 2. The van der Waals surface area contributed by atoms with Crippen molar-refractivity contribution in [2.45, 2.75) is 39.7 Å². The summed E-state index contributed by atoms with van der Waals surface area (Å²) in [6.07, 6.45) is 2.21. The standard InChI is InChI=1S/C13H26N2O2/c1-5-11(10-6-7-17-8-10)15-9-13(2,3)12(16)14-4/h10-11,15H,5-9H2,1-4H3,(H,14,16). The maximum atomic E-state index is 11.7. The van der Waals surface area contributed by atoms with Crippen LogP contribution in [0.15, 0.2) is 0 Å². The summed E-state index contributed by atoms with van der Waals surface area (Å²) in [6.45, 7) is 8.56. The zero-order valence-corrected chi connectivity index (χ0v) is 11.5. The number of ether oxygens (including phenoxy) is 1. The first-order chi connectivity index (χ1) is 8.01. The maximum absolute atomic E-state index is 11.7. The molecule has 1 amide bonds. The van der Waals surface area contributed by atoms with Gasteiger partial charge in [0.15, 0.2) is 0 Å². The van der Waals surface area contributed by atoms with Crippen molar-refractivity contribution in [2.75, 3.05) is 26.8 Å². The van der Waals surface area contributed by atoms with Crippen molar-refractivity contribution < 1.29 is 9.53 Å². The van der Waals surface area contributed by atoms with Gasteiger partial charge in [-0.2, -0.15) is 0 Å². The van der Waals surface area contributed by atoms with E-state index in [1.54, 1.807) is 7.05 Å². The molecule has 0 spiro atoms. The van der Waals surface area contributed by atoms with Crippen LogP contribution >= 0.6 is 0 Å². The van der Waals surface area contributed by atoms with Crippen molar-refractivity contribution in [3.8, 4) is 0 Å². The predicted octanol–water partition coefficient (Wildman–Crippen LogP) is 1.16. The molecule has 4 nitrogen and oxygen atoms in total. The fraction of sp³-hybridized carbons (Fsp3) is 0.923. The van der Waals surface area contributed by atoms with Crippen LogP contribution in [0, 0.1) is 11.3 Å². The highest BCUT2D eigenvalue weighted by Crippen LogP contribution is 2.20. The molecule has 1 heterocycles. The first-order valence-electron chi connectivity index (χ1n) is 6.54. The summed E-state index contributed by atoms with van der Waals surface area (Å²) >= 11 is 0. The molecule has 1 saturated heterocycles. The van der Waals surface area contributed by atoms with E-state index in [2.05, 4.69) is 17.6 Å². The number of carbonyl (C=O) groups excluding carboxylic acids is 1. The van der Waals surface area contributed by atoms with Crippen LogP contribution in [0.3, 0.4) is 0 Å². The van der Waals surface area contributed by atoms with E-state index in [0.717, 1.165) is 26.1 Å². The van der Waals surface area contributed by atoms with E-state index in [-0.39, 0.29) is 11.3 Å². The second-order valence-corrected chi connectivity index (χ2v) is 5.48. The molecule has 2 atom stereocenters. The Morgan fingerprint density at radius 3 is 2.71 bits per heavy atom. The minimum atomic E-state index is -0.359. The third kappa shape index (κ3) is 3.96. The number of nitrogens with one attached hydrogen (secondary N) is 2. The van der Waals surface area contributed by atoms with Gasteiger partial charge in [0, 0.05) is 26.2 Å². The lowest BCUT2D eigenvalue weighted by molar-refractivity contribution is -0.128. The van der Waals surface area contributed by atoms with E-state index < -0.39 is 0 Å². The van der Waals surface area contributed by atoms with Gasteiger partial charge in [-0.05, 0) is 32.6 Å². The number of carbonyl (C=O) groups is 1. The average Bonchev–Trinajstić information content (AvgIpc) is 2.82. The molecule has 2 N–H and O–H groups in total. The Hall–Kier alpha value is -0.610. The fourth-order valence-electron chi connectivity index (χ4n) is 2.32. The number of rotatable bonds is 6. The lowest BCUT2D eigenvalue weighted by Crippen LogP contribution is -2.47. The van der Waals surface area contributed by atoms with E-state index in [1.165, 1.54) is 0 Å². The van der Waals surface area contributed by atoms with Crippen molar-refractivity contribution in [3.63, 3.8) is 0 Å². The Morgan fingerprint density at radius 1 is 1.53 bits per heavy atom. The van der Waals surface area contributed by atoms with Crippen LogP contribution < -0.4 is 10.6 Å². The highest BCUT2D eigenvalue weighted by molar-refractivity contribution is 5.81. The third-order valence-corrected chi connectivity index (χ3v) is 3.62. The average molecular weight is 242 g/mol. The topological polar surface area (TPSA) is 50.4 Å². The van der Waals surface area contributed by atoms with Crippen molar-refractivity contribution in [3.05, 3.63) is 0 Å². The minimum Gasteiger partial charge on any atom is -0.381 e. The molecule has 100 valence electrons. The summed E-state index contributed by atoms with van der Waals surface area (Å²) in [5.74, 6) is 0.683. The van der Waals surface area contributed by atoms with Crippen molar-refractivity contribution in [2.24, 2.45) is 11.3 Å². The van der Waals surface area contributed by atoms with Gasteiger partial charge in [-0.15, -0.1) is 0 Å². The van der Waals surface area contributed by atoms with Gasteiger partial charge >= 0.3 is 0 Å². The van der Waals surface area contributed by atoms with Crippen LogP contribution in [0.2, 0.25) is 0 Å². The largest absolute Gasteiger partial charge is 0.381 e. The second-order valence-electron chi connectivity index (χ2n) is 5.48.